The number of nitro benzene ring substituents is 1. The first-order valence-corrected chi connectivity index (χ1v) is 41.6. The lowest BCUT2D eigenvalue weighted by Gasteiger charge is -2.37. The highest BCUT2D eigenvalue weighted by Crippen LogP contribution is 2.51. The number of alkyl halides is 24. The molecule has 14 rings (SSSR count). The Morgan fingerprint density at radius 3 is 0.947 bits per heavy atom. The maximum absolute atomic E-state index is 14.6. The first-order valence-electron chi connectivity index (χ1n) is 41.6. The quantitative estimate of drug-likeness (QED) is 0.00987. The first-order chi connectivity index (χ1) is 69.5. The second kappa shape index (κ2) is 45.9. The molecule has 0 aliphatic carbocycles. The maximum Gasteiger partial charge on any atom is 0.425 e. The molecule has 0 radical (unpaired) electrons. The number of benzene rings is 7. The summed E-state index contributed by atoms with van der Waals surface area (Å²) in [5, 5.41) is 10.7. The fraction of sp³-hybridized carbons (Fsp3) is 0.364. The average molecular weight is 2200 g/mol. The minimum Gasteiger partial charge on any atom is -0.468 e. The summed E-state index contributed by atoms with van der Waals surface area (Å²) < 4.78 is 508. The lowest BCUT2D eigenvalue weighted by molar-refractivity contribution is -0.385. The second-order valence-electron chi connectivity index (χ2n) is 32.9. The number of aliphatic imine (C=N–C) groups is 6. The number of nitrogens with zero attached hydrogens (tertiary/aromatic N) is 9. The number of hydrogen-bond donors (Lipinski definition) is 7. The SMILES string of the molecule is NC1=N[C@](CF)(c2cc(N)cc(F)c2F)C[C@@H](C(F)(F)F)O1.NC1=N[C@](CF)(c2cc(N)cc(F)c2F)C[C@@H](C(F)(F)F)O1.NC1=N[C@](CF)(c2cc([N+](=O)[O-])cc(F)c2F)C[C@@H](C(F)(F)F)O1.NC1=N[C@](CF)(c2cccc(F)c2F)C[C@@H](C(F)(F)F)O1.O=C(CC1=N[C@](CF)(c2cccc(F)c2F)C[C@@H](C(F)(F)F)O1)c1ccccc1.[C-]#[N+]c1ccc(C(=O)Cc2cc(F)c(F)c([C@]3(CF)C[C@@H](C(F)(F)F)OC(N)=N3)c2)nc1. The highest BCUT2D eigenvalue weighted by atomic mass is 19.4. The van der Waals surface area contributed by atoms with Gasteiger partial charge in [0.15, 0.2) is 124 Å². The van der Waals surface area contributed by atoms with E-state index in [0.717, 1.165) is 60.8 Å². The van der Waals surface area contributed by atoms with Gasteiger partial charge in [-0.3, -0.25) is 24.7 Å². The van der Waals surface area contributed by atoms with Gasteiger partial charge in [-0.1, -0.05) is 60.7 Å². The number of aromatic nitrogens is 1. The molecule has 0 unspecified atom stereocenters. The van der Waals surface area contributed by atoms with Crippen molar-refractivity contribution in [2.24, 2.45) is 58.6 Å². The van der Waals surface area contributed by atoms with Crippen molar-refractivity contribution in [2.45, 2.75) is 158 Å². The summed E-state index contributed by atoms with van der Waals surface area (Å²) in [5.41, 5.74) is 16.0. The van der Waals surface area contributed by atoms with E-state index >= 15 is 0 Å². The van der Waals surface area contributed by atoms with E-state index in [1.54, 1.807) is 18.2 Å². The van der Waals surface area contributed by atoms with E-state index in [-0.39, 0.29) is 39.9 Å². The number of pyridine rings is 1. The fourth-order valence-electron chi connectivity index (χ4n) is 15.3. The fourth-order valence-corrected chi connectivity index (χ4v) is 15.3. The Hall–Kier alpha value is -15.2. The van der Waals surface area contributed by atoms with E-state index in [9.17, 15) is 178 Å². The van der Waals surface area contributed by atoms with Gasteiger partial charge in [0.05, 0.1) is 24.0 Å². The normalized spacial score (nSPS) is 23.7. The number of nitrogen functional groups attached to an aromatic ring is 2. The summed E-state index contributed by atoms with van der Waals surface area (Å²) in [4.78, 5) is 62.4. The van der Waals surface area contributed by atoms with Gasteiger partial charge in [0.2, 0.25) is 5.69 Å². The standard InChI is InChI=1S/C20H14F6N4O2.C20H15F6NO2.C12H9F6N3O3.2C12H11F6N3O.C12H10F6N2O/c1-28-11-2-3-14(29-8-11)15(31)6-10-4-12(17(23)13(22)5-10)19(9-21)7-16(20(24,25)26)32-18(27)30-19;21-11-19(13-7-4-8-14(22)18(13)23)10-16(20(24,25)26)29-17(27-19)9-15(28)12-5-2-1-3-6-12;13-4-11(3-8(12(16,17)18)24-10(19)20-11)6-1-5(21(22)23)2-7(14)9(6)15;2*13-4-11(6-1-5(19)2-7(14)9(6)15)3-8(12(16,17)18)22-10(20)21-11;13-5-11(6-2-1-3-7(14)9(6)15)4-8(12(16,17)18)21-10(19)20-11/h2-5,8,16H,6-7,9H2,(H2,27,30);1-8,16H,9-11H2;1-2,8H,3-4H2,(H2,19,20);2*1-2,8H,3-4,19H2,(H2,20,21);1-3,8H,4-5H2,(H2,19,20)/t2*16-,19+;4*8-,11+/m000000/s1. The zero-order valence-corrected chi connectivity index (χ0v) is 74.8. The summed E-state index contributed by atoms with van der Waals surface area (Å²) in [6.45, 7) is -2.57. The van der Waals surface area contributed by atoms with Crippen molar-refractivity contribution in [2.75, 3.05) is 51.5 Å². The zero-order chi connectivity index (χ0) is 112. The van der Waals surface area contributed by atoms with Crippen LogP contribution in [0.5, 0.6) is 0 Å². The van der Waals surface area contributed by atoms with Gasteiger partial charge in [-0.15, -0.1) is 0 Å². The van der Waals surface area contributed by atoms with Gasteiger partial charge < -0.3 is 68.6 Å². The molecule has 0 fully saturated rings. The highest BCUT2D eigenvalue weighted by Gasteiger charge is 2.60. The van der Waals surface area contributed by atoms with Crippen LogP contribution in [0.3, 0.4) is 0 Å². The van der Waals surface area contributed by atoms with Crippen molar-refractivity contribution in [1.82, 2.24) is 4.98 Å². The number of rotatable bonds is 19. The molecule has 7 aromatic carbocycles. The van der Waals surface area contributed by atoms with Crippen molar-refractivity contribution in [3.63, 3.8) is 0 Å². The van der Waals surface area contributed by atoms with Crippen LogP contribution in [-0.2, 0) is 68.1 Å². The predicted molar refractivity (Wildman–Crippen MR) is 452 cm³/mol. The molecule has 0 bridgehead atoms. The first kappa shape index (κ1) is 118. The molecule has 6 aliphatic rings. The predicted octanol–water partition coefficient (Wildman–Crippen LogP) is 19.6. The van der Waals surface area contributed by atoms with Crippen LogP contribution in [0, 0.1) is 86.5 Å². The molecule has 12 atom stereocenters. The Kier molecular flexibility index (Phi) is 36.2. The monoisotopic (exact) mass is 2190 g/mol. The average Bonchev–Trinajstić information content (AvgIpc) is 0.778. The third-order valence-electron chi connectivity index (χ3n) is 22.5. The van der Waals surface area contributed by atoms with Crippen molar-refractivity contribution in [1.29, 1.82) is 0 Å². The van der Waals surface area contributed by atoms with Gasteiger partial charge in [-0.05, 0) is 60.2 Å². The minimum atomic E-state index is -4.99. The number of hydrogen-bond acceptors (Lipinski definition) is 24. The third-order valence-corrected chi connectivity index (χ3v) is 22.5. The van der Waals surface area contributed by atoms with Crippen LogP contribution in [0.1, 0.15) is 105 Å². The molecule has 7 heterocycles. The molecule has 0 amide bonds. The molecular weight excluding hydrogens is 2120 g/mol. The highest BCUT2D eigenvalue weighted by molar-refractivity contribution is 6.07. The van der Waals surface area contributed by atoms with Crippen LogP contribution < -0.4 is 40.1 Å². The summed E-state index contributed by atoms with van der Waals surface area (Å²) in [6.07, 6.45) is -51.5. The Labute approximate surface area is 817 Å². The van der Waals surface area contributed by atoms with E-state index in [0.29, 0.717) is 24.3 Å². The zero-order valence-electron chi connectivity index (χ0n) is 74.8. The summed E-state index contributed by atoms with van der Waals surface area (Å²) in [6, 6.07) is 15.9. The minimum absolute atomic E-state index is 0.0747. The molecule has 26 nitrogen and oxygen atoms in total. The number of nitro groups is 1. The molecule has 14 N–H and O–H groups in total. The van der Waals surface area contributed by atoms with E-state index in [2.05, 4.69) is 63.5 Å². The molecule has 6 aliphatic heterocycles. The van der Waals surface area contributed by atoms with Crippen molar-refractivity contribution >= 4 is 70.3 Å². The number of amidine groups is 5. The molecule has 150 heavy (non-hydrogen) atoms. The smallest absolute Gasteiger partial charge is 0.425 e. The Bertz CT molecular complexity index is 6410. The molecule has 0 saturated heterocycles. The van der Waals surface area contributed by atoms with Crippen LogP contribution in [-0.4, -0.2) is 171 Å². The maximum atomic E-state index is 14.6. The molecule has 62 heteroatoms. The van der Waals surface area contributed by atoms with Gasteiger partial charge in [-0.2, -0.15) is 79.0 Å². The number of ketones is 2. The summed E-state index contributed by atoms with van der Waals surface area (Å²) in [7, 11) is 0. The number of carbonyl (C=O) groups excluding carboxylic acids is 2. The molecule has 0 saturated carbocycles. The lowest BCUT2D eigenvalue weighted by atomic mass is 9.83. The van der Waals surface area contributed by atoms with Gasteiger partial charge in [0, 0.05) is 108 Å². The van der Waals surface area contributed by atoms with Crippen LogP contribution in [0.15, 0.2) is 164 Å². The van der Waals surface area contributed by atoms with Crippen molar-refractivity contribution in [3.05, 3.63) is 275 Å². The Morgan fingerprint density at radius 2 is 0.640 bits per heavy atom. The Balaban J connectivity index is 0.000000201. The summed E-state index contributed by atoms with van der Waals surface area (Å²) >= 11 is 0. The van der Waals surface area contributed by atoms with Gasteiger partial charge >= 0.3 is 37.1 Å². The molecule has 814 valence electrons. The molecule has 8 aromatic rings. The number of non-ortho nitro benzene ring substituents is 1. The number of nitrogens with two attached hydrogens (primary N) is 7. The van der Waals surface area contributed by atoms with E-state index in [4.69, 9.17) is 51.4 Å². The number of halogens is 36. The Morgan fingerprint density at radius 1 is 0.347 bits per heavy atom. The summed E-state index contributed by atoms with van der Waals surface area (Å²) in [5.74, 6) is -20.1. The number of ether oxygens (including phenoxy) is 6. The lowest BCUT2D eigenvalue weighted by Crippen LogP contribution is -2.48. The van der Waals surface area contributed by atoms with Crippen molar-refractivity contribution < 1.29 is 201 Å². The van der Waals surface area contributed by atoms with E-state index in [1.165, 1.54) is 24.3 Å². The van der Waals surface area contributed by atoms with Gasteiger partial charge in [0.25, 0.3) is 35.8 Å². The molecule has 1 aromatic heterocycles. The van der Waals surface area contributed by atoms with Crippen molar-refractivity contribution in [3.8, 4) is 0 Å². The topological polar surface area (TPSA) is 406 Å². The largest absolute Gasteiger partial charge is 0.468 e. The van der Waals surface area contributed by atoms with Crippen LogP contribution in [0.25, 0.3) is 4.85 Å². The van der Waals surface area contributed by atoms with Gasteiger partial charge in [-0.25, -0.2) is 114 Å². The van der Waals surface area contributed by atoms with Crippen LogP contribution >= 0.6 is 0 Å². The van der Waals surface area contributed by atoms with Crippen LogP contribution in [0.4, 0.5) is 181 Å². The third kappa shape index (κ3) is 27.3. The molecule has 0 spiro atoms. The van der Waals surface area contributed by atoms with Crippen LogP contribution in [0.2, 0.25) is 0 Å². The number of Topliss-reactive ketones (excluding diaryl/α,β-unsaturated/α-hetero) is 2. The number of anilines is 2. The van der Waals surface area contributed by atoms with E-state index < -0.39 is 360 Å². The molecular formula is C88H70F36N16O10. The van der Waals surface area contributed by atoms with Gasteiger partial charge in [0.1, 0.15) is 79.0 Å². The van der Waals surface area contributed by atoms with E-state index in [1.807, 2.05) is 0 Å². The second-order valence-corrected chi connectivity index (χ2v) is 32.9. The number of carbonyl (C=O) groups is 2.